The first kappa shape index (κ1) is 36.8. The number of para-hydroxylation sites is 8. The third kappa shape index (κ3) is 6.12. The number of nitrogens with zero attached hydrogens (tertiary/aromatic N) is 4. The topological polar surface area (TPSA) is 41.6 Å². The van der Waals surface area contributed by atoms with Gasteiger partial charge >= 0.3 is 0 Å². The average molecular weight is 1080 g/mol. The summed E-state index contributed by atoms with van der Waals surface area (Å²) in [6.45, 7) is 0. The second kappa shape index (κ2) is 17.1. The smallest absolute Gasteiger partial charge is 0.159 e. The molecule has 19 aromatic rings. The van der Waals surface area contributed by atoms with Gasteiger partial charge in [-0.1, -0.05) is 206 Å². The van der Waals surface area contributed by atoms with Crippen LogP contribution in [-0.2, 0) is 0 Å². The van der Waals surface area contributed by atoms with Crippen molar-refractivity contribution in [1.82, 2.24) is 8.80 Å². The third-order valence-electron chi connectivity index (χ3n) is 17.3. The van der Waals surface area contributed by atoms with Gasteiger partial charge < -0.3 is 27.4 Å². The van der Waals surface area contributed by atoms with Gasteiger partial charge in [-0.05, 0) is 83.9 Å². The predicted octanol–water partition coefficient (Wildman–Crippen LogP) is 22.1. The fourth-order valence-electron chi connectivity index (χ4n) is 14.0. The maximum atomic E-state index is 8.94. The molecule has 0 aliphatic heterocycles. The van der Waals surface area contributed by atoms with Gasteiger partial charge in [-0.2, -0.15) is 0 Å². The lowest BCUT2D eigenvalue weighted by Gasteiger charge is -2.26. The standard InChI is InChI=1S/C78H46N4O2/c1-5-21-47(22-6-1)51-29-13-33-55-57-35-17-43-67(77(57)83-75(51)55)79(49-25-9-3-10-26-49)63-39-19-41-65-71(63)59-37-15-31-53-61-46-70-62(45-69(61)81(65)73(53)59)54-32-16-38-60-72-64(40-20-42-66(72)82(70)74(54)60)80(50-27-11-4-12-28-50)68-44-18-36-58-56-34-14-30-52(76(56)84-78(58)68)48-23-7-2-8-24-48/h1-46H/i1D,2D,5D,6D,7D,8D,21D,22D,23D,24D. The molecule has 6 nitrogen and oxygen atoms in total. The molecule has 0 aliphatic carbocycles. The van der Waals surface area contributed by atoms with Crippen LogP contribution in [0, 0.1) is 0 Å². The zero-order valence-corrected chi connectivity index (χ0v) is 44.4. The molecule has 390 valence electrons. The summed E-state index contributed by atoms with van der Waals surface area (Å²) >= 11 is 0. The van der Waals surface area contributed by atoms with Crippen LogP contribution in [0.1, 0.15) is 13.7 Å². The maximum Gasteiger partial charge on any atom is 0.159 e. The zero-order chi connectivity index (χ0) is 63.4. The van der Waals surface area contributed by atoms with Crippen molar-refractivity contribution >= 4 is 154 Å². The Bertz CT molecular complexity index is 6060. The van der Waals surface area contributed by atoms with Crippen LogP contribution in [0.4, 0.5) is 34.1 Å². The molecule has 19 rings (SSSR count). The molecule has 6 heterocycles. The van der Waals surface area contributed by atoms with E-state index < -0.39 is 36.3 Å². The summed E-state index contributed by atoms with van der Waals surface area (Å²) < 4.78 is 105. The Morgan fingerprint density at radius 2 is 0.643 bits per heavy atom. The van der Waals surface area contributed by atoms with Crippen LogP contribution in [0.25, 0.3) is 142 Å². The summed E-state index contributed by atoms with van der Waals surface area (Å²) in [4.78, 5) is 4.49. The van der Waals surface area contributed by atoms with Crippen molar-refractivity contribution in [3.8, 4) is 22.3 Å². The van der Waals surface area contributed by atoms with E-state index >= 15 is 0 Å². The number of benzene rings is 13. The van der Waals surface area contributed by atoms with Gasteiger partial charge in [-0.3, -0.25) is 0 Å². The van der Waals surface area contributed by atoms with Gasteiger partial charge in [0.05, 0.1) is 69.6 Å². The molecule has 0 saturated carbocycles. The van der Waals surface area contributed by atoms with Crippen LogP contribution in [0.2, 0.25) is 0 Å². The van der Waals surface area contributed by atoms with Crippen molar-refractivity contribution in [2.75, 3.05) is 9.80 Å². The van der Waals surface area contributed by atoms with Gasteiger partial charge in [0.25, 0.3) is 0 Å². The van der Waals surface area contributed by atoms with Crippen molar-refractivity contribution in [2.45, 2.75) is 0 Å². The van der Waals surface area contributed by atoms with Gasteiger partial charge in [-0.15, -0.1) is 0 Å². The SMILES string of the molecule is [2H]c1c([2H])c([2H])c(-c2cccc3c2oc2c(N(c4ccccc4)c4cccc5c4c4cccc6c7cc8c(cc7n5c64)c4cccc5c6c(N(c7ccccc7)c7cccc9c7oc7c(-c%10c([2H])c([2H])c([2H])c([2H])c%10[2H])cccc79)cccc6n8c45)cccc23)c([2H])c1[2H]. The van der Waals surface area contributed by atoms with Gasteiger partial charge in [0.1, 0.15) is 11.2 Å². The summed E-state index contributed by atoms with van der Waals surface area (Å²) in [6, 6.07) is 70.8. The number of furan rings is 2. The molecule has 0 aliphatic rings. The lowest BCUT2D eigenvalue weighted by Crippen LogP contribution is -2.10. The Hall–Kier alpha value is -11.3. The summed E-state index contributed by atoms with van der Waals surface area (Å²) in [5, 5.41) is 11.8. The maximum absolute atomic E-state index is 8.94. The van der Waals surface area contributed by atoms with E-state index in [1.807, 2.05) is 97.1 Å². The lowest BCUT2D eigenvalue weighted by atomic mass is 10.0. The first-order chi connectivity index (χ1) is 45.9. The first-order valence-corrected chi connectivity index (χ1v) is 27.9. The van der Waals surface area contributed by atoms with E-state index in [9.17, 15) is 0 Å². The van der Waals surface area contributed by atoms with E-state index in [1.165, 1.54) is 0 Å². The highest BCUT2D eigenvalue weighted by Crippen LogP contribution is 2.53. The normalized spacial score (nSPS) is 14.0. The number of aromatic nitrogens is 2. The quantitative estimate of drug-likeness (QED) is 0.152. The second-order valence-corrected chi connectivity index (χ2v) is 21.5. The van der Waals surface area contributed by atoms with Crippen molar-refractivity contribution in [2.24, 2.45) is 0 Å². The van der Waals surface area contributed by atoms with E-state index in [1.54, 1.807) is 12.1 Å². The van der Waals surface area contributed by atoms with Gasteiger partial charge in [0, 0.05) is 87.1 Å². The van der Waals surface area contributed by atoms with E-state index in [0.29, 0.717) is 33.5 Å². The van der Waals surface area contributed by atoms with Crippen LogP contribution in [-0.4, -0.2) is 8.80 Å². The molecule has 0 unspecified atom stereocenters. The minimum Gasteiger partial charge on any atom is -0.453 e. The highest BCUT2D eigenvalue weighted by Gasteiger charge is 2.29. The van der Waals surface area contributed by atoms with E-state index in [0.717, 1.165) is 132 Å². The molecule has 0 spiro atoms. The molecule has 0 atom stereocenters. The van der Waals surface area contributed by atoms with Gasteiger partial charge in [-0.25, -0.2) is 0 Å². The molecular weight excluding hydrogens is 1020 g/mol. The second-order valence-electron chi connectivity index (χ2n) is 21.5. The van der Waals surface area contributed by atoms with Gasteiger partial charge in [0.15, 0.2) is 11.2 Å². The van der Waals surface area contributed by atoms with Crippen LogP contribution in [0.3, 0.4) is 0 Å². The zero-order valence-electron chi connectivity index (χ0n) is 54.4. The molecule has 0 fully saturated rings. The van der Waals surface area contributed by atoms with Gasteiger partial charge in [0.2, 0.25) is 0 Å². The Morgan fingerprint density at radius 3 is 1.08 bits per heavy atom. The highest BCUT2D eigenvalue weighted by atomic mass is 16.3. The highest BCUT2D eigenvalue weighted by molar-refractivity contribution is 6.32. The Labute approximate surface area is 494 Å². The molecule has 0 N–H and O–H groups in total. The third-order valence-corrected chi connectivity index (χ3v) is 17.3. The Morgan fingerprint density at radius 1 is 0.286 bits per heavy atom. The van der Waals surface area contributed by atoms with Crippen LogP contribution < -0.4 is 9.80 Å². The summed E-state index contributed by atoms with van der Waals surface area (Å²) in [5.41, 5.74) is 14.5. The monoisotopic (exact) mass is 1080 g/mol. The minimum absolute atomic E-state index is 0.0805. The van der Waals surface area contributed by atoms with E-state index in [2.05, 4.69) is 128 Å². The number of anilines is 6. The molecule has 0 bridgehead atoms. The molecule has 0 radical (unpaired) electrons. The van der Waals surface area contributed by atoms with E-state index in [4.69, 9.17) is 22.5 Å². The predicted molar refractivity (Wildman–Crippen MR) is 351 cm³/mol. The van der Waals surface area contributed by atoms with Crippen LogP contribution in [0.15, 0.2) is 288 Å². The largest absolute Gasteiger partial charge is 0.453 e. The fourth-order valence-corrected chi connectivity index (χ4v) is 14.0. The summed E-state index contributed by atoms with van der Waals surface area (Å²) in [7, 11) is 0. The van der Waals surface area contributed by atoms with E-state index in [-0.39, 0.29) is 35.3 Å². The number of rotatable bonds is 8. The summed E-state index contributed by atoms with van der Waals surface area (Å²) in [5.74, 6) is 0. The summed E-state index contributed by atoms with van der Waals surface area (Å²) in [6.07, 6.45) is 0. The fraction of sp³-hybridized carbons (Fsp3) is 0. The molecule has 6 aromatic heterocycles. The number of hydrogen-bond acceptors (Lipinski definition) is 4. The lowest BCUT2D eigenvalue weighted by molar-refractivity contribution is 0.670. The minimum atomic E-state index is -0.452. The first-order valence-electron chi connectivity index (χ1n) is 32.9. The van der Waals surface area contributed by atoms with Crippen LogP contribution >= 0.6 is 0 Å². The molecular formula is C78H46N4O2. The Balaban J connectivity index is 0.811. The number of hydrogen-bond donors (Lipinski definition) is 0. The molecule has 13 aromatic carbocycles. The molecule has 84 heavy (non-hydrogen) atoms. The molecule has 0 amide bonds. The molecule has 0 saturated heterocycles. The number of fused-ring (bicyclic) bond motifs is 18. The molecule has 6 heteroatoms. The van der Waals surface area contributed by atoms with Crippen LogP contribution in [0.5, 0.6) is 0 Å². The van der Waals surface area contributed by atoms with Crippen molar-refractivity contribution in [3.05, 3.63) is 279 Å². The average Bonchev–Trinajstić information content (AvgIpc) is 1.52. The Kier molecular flexibility index (Phi) is 7.50. The van der Waals surface area contributed by atoms with Crippen molar-refractivity contribution in [3.63, 3.8) is 0 Å². The van der Waals surface area contributed by atoms with Crippen molar-refractivity contribution < 1.29 is 22.5 Å². The van der Waals surface area contributed by atoms with Crippen molar-refractivity contribution in [1.29, 1.82) is 0 Å².